The van der Waals surface area contributed by atoms with Gasteiger partial charge in [-0.1, -0.05) is 47.7 Å². The van der Waals surface area contributed by atoms with Crippen molar-refractivity contribution in [3.8, 4) is 23.0 Å². The Bertz CT molecular complexity index is 2170. The van der Waals surface area contributed by atoms with Crippen LogP contribution in [0.4, 0.5) is 5.69 Å². The van der Waals surface area contributed by atoms with Gasteiger partial charge in [0, 0.05) is 0 Å². The molecule has 51 heavy (non-hydrogen) atoms. The number of ether oxygens (including phenoxy) is 6. The van der Waals surface area contributed by atoms with Crippen molar-refractivity contribution in [1.82, 2.24) is 4.57 Å². The summed E-state index contributed by atoms with van der Waals surface area (Å²) in [5.74, 6) is -0.375. The van der Waals surface area contributed by atoms with Crippen molar-refractivity contribution >= 4 is 35.0 Å². The van der Waals surface area contributed by atoms with E-state index in [1.165, 1.54) is 37.0 Å². The summed E-state index contributed by atoms with van der Waals surface area (Å²) in [6, 6.07) is 15.8. The minimum absolute atomic E-state index is 0.0772. The van der Waals surface area contributed by atoms with Crippen molar-refractivity contribution in [2.45, 2.75) is 33.4 Å². The summed E-state index contributed by atoms with van der Waals surface area (Å²) in [5.41, 5.74) is 0.987. The Kier molecular flexibility index (Phi) is 11.5. The number of thiazole rings is 1. The first-order valence-corrected chi connectivity index (χ1v) is 16.6. The van der Waals surface area contributed by atoms with E-state index in [1.807, 2.05) is 30.3 Å². The van der Waals surface area contributed by atoms with E-state index in [1.54, 1.807) is 39.0 Å². The highest BCUT2D eigenvalue weighted by Gasteiger charge is 2.34. The van der Waals surface area contributed by atoms with Gasteiger partial charge in [0.2, 0.25) is 0 Å². The average Bonchev–Trinajstić information content (AvgIpc) is 3.43. The molecule has 1 aromatic heterocycles. The van der Waals surface area contributed by atoms with Crippen molar-refractivity contribution in [3.63, 3.8) is 0 Å². The van der Waals surface area contributed by atoms with Crippen LogP contribution in [0.15, 0.2) is 81.7 Å². The van der Waals surface area contributed by atoms with E-state index in [4.69, 9.17) is 23.7 Å². The van der Waals surface area contributed by atoms with Gasteiger partial charge < -0.3 is 28.4 Å². The maximum atomic E-state index is 14.3. The molecule has 0 unspecified atom stereocenters. The SMILES string of the molecule is CCOC(=O)C1=C(C)N=c2s/c(=C\c3cc(OC)c(OCc4ccccc4)cc3[N+](=O)[O-])c(=O)n2[C@H]1c1ccc(OCC(=O)OC)c(OCC)c1. The Balaban J connectivity index is 1.64. The zero-order valence-electron chi connectivity index (χ0n) is 28.5. The third-order valence-corrected chi connectivity index (χ3v) is 8.69. The number of hydrogen-bond acceptors (Lipinski definition) is 13. The number of rotatable bonds is 14. The number of carbonyl (C=O) groups excluding carboxylic acids is 2. The van der Waals surface area contributed by atoms with Crippen LogP contribution in [0, 0.1) is 10.1 Å². The second-order valence-electron chi connectivity index (χ2n) is 10.9. The number of allylic oxidation sites excluding steroid dienone is 1. The highest BCUT2D eigenvalue weighted by Crippen LogP contribution is 2.38. The van der Waals surface area contributed by atoms with Crippen LogP contribution >= 0.6 is 11.3 Å². The standard InChI is InChI=1S/C36H35N3O11S/c1-6-47-28-15-23(13-14-26(28)50-20-31(40)46-5)33-32(35(42)48-7-2)21(3)37-36-38(33)34(41)30(51-36)17-24-16-27(45-4)29(18-25(24)39(43)44)49-19-22-11-9-8-10-12-22/h8-18,33H,6-7,19-20H2,1-5H3/b30-17-/t33-/m0/s1. The maximum Gasteiger partial charge on any atom is 0.343 e. The fraction of sp³-hybridized carbons (Fsp3) is 0.278. The lowest BCUT2D eigenvalue weighted by Gasteiger charge is -2.25. The van der Waals surface area contributed by atoms with Gasteiger partial charge in [0.25, 0.3) is 11.2 Å². The number of methoxy groups -OCH3 is 2. The number of benzene rings is 3. The van der Waals surface area contributed by atoms with E-state index in [0.29, 0.717) is 11.3 Å². The summed E-state index contributed by atoms with van der Waals surface area (Å²) in [4.78, 5) is 55.9. The molecule has 1 aliphatic rings. The van der Waals surface area contributed by atoms with Gasteiger partial charge in [0.15, 0.2) is 34.4 Å². The molecule has 0 saturated heterocycles. The fourth-order valence-corrected chi connectivity index (χ4v) is 6.41. The van der Waals surface area contributed by atoms with Crippen LogP contribution in [0.25, 0.3) is 6.08 Å². The molecule has 2 heterocycles. The zero-order chi connectivity index (χ0) is 36.7. The van der Waals surface area contributed by atoms with Crippen LogP contribution < -0.4 is 33.8 Å². The van der Waals surface area contributed by atoms with Crippen LogP contribution in [0.5, 0.6) is 23.0 Å². The predicted molar refractivity (Wildman–Crippen MR) is 186 cm³/mol. The van der Waals surface area contributed by atoms with E-state index in [0.717, 1.165) is 16.9 Å². The third kappa shape index (κ3) is 7.94. The number of hydrogen-bond donors (Lipinski definition) is 0. The zero-order valence-corrected chi connectivity index (χ0v) is 29.3. The molecule has 3 aromatic carbocycles. The Morgan fingerprint density at radius 3 is 2.37 bits per heavy atom. The van der Waals surface area contributed by atoms with Crippen LogP contribution in [0.1, 0.15) is 43.5 Å². The Hall–Kier alpha value is -5.96. The number of fused-ring (bicyclic) bond motifs is 1. The number of nitro benzene ring substituents is 1. The van der Waals surface area contributed by atoms with E-state index in [9.17, 15) is 24.5 Å². The van der Waals surface area contributed by atoms with Gasteiger partial charge in [-0.25, -0.2) is 14.6 Å². The number of nitrogens with zero attached hydrogens (tertiary/aromatic N) is 3. The molecular weight excluding hydrogens is 682 g/mol. The van der Waals surface area contributed by atoms with E-state index >= 15 is 0 Å². The summed E-state index contributed by atoms with van der Waals surface area (Å²) >= 11 is 1.00. The van der Waals surface area contributed by atoms with E-state index in [-0.39, 0.29) is 75.6 Å². The molecule has 0 fully saturated rings. The molecule has 0 amide bonds. The van der Waals surface area contributed by atoms with Gasteiger partial charge in [-0.15, -0.1) is 0 Å². The van der Waals surface area contributed by atoms with E-state index in [2.05, 4.69) is 9.73 Å². The molecule has 4 aromatic rings. The van der Waals surface area contributed by atoms with Crippen molar-refractivity contribution in [2.24, 2.45) is 4.99 Å². The van der Waals surface area contributed by atoms with Crippen LogP contribution in [-0.2, 0) is 25.7 Å². The van der Waals surface area contributed by atoms with Crippen molar-refractivity contribution in [3.05, 3.63) is 118 Å². The second-order valence-corrected chi connectivity index (χ2v) is 11.9. The molecule has 0 saturated carbocycles. The second kappa shape index (κ2) is 16.2. The Morgan fingerprint density at radius 2 is 1.71 bits per heavy atom. The molecule has 1 atom stereocenters. The molecule has 0 radical (unpaired) electrons. The number of nitro groups is 1. The summed E-state index contributed by atoms with van der Waals surface area (Å²) in [6.07, 6.45) is 1.39. The Morgan fingerprint density at radius 1 is 0.961 bits per heavy atom. The molecule has 0 aliphatic carbocycles. The lowest BCUT2D eigenvalue weighted by molar-refractivity contribution is -0.385. The summed E-state index contributed by atoms with van der Waals surface area (Å²) < 4.78 is 34.3. The van der Waals surface area contributed by atoms with Gasteiger partial charge in [0.05, 0.1) is 65.8 Å². The van der Waals surface area contributed by atoms with Gasteiger partial charge in [-0.3, -0.25) is 19.5 Å². The highest BCUT2D eigenvalue weighted by molar-refractivity contribution is 7.07. The number of esters is 2. The normalized spacial score (nSPS) is 13.9. The van der Waals surface area contributed by atoms with Gasteiger partial charge in [0.1, 0.15) is 6.61 Å². The molecule has 14 nitrogen and oxygen atoms in total. The summed E-state index contributed by atoms with van der Waals surface area (Å²) in [6.45, 7) is 5.18. The highest BCUT2D eigenvalue weighted by atomic mass is 32.1. The molecule has 0 spiro atoms. The van der Waals surface area contributed by atoms with Gasteiger partial charge in [-0.05, 0) is 56.2 Å². The molecule has 0 bridgehead atoms. The molecule has 5 rings (SSSR count). The van der Waals surface area contributed by atoms with E-state index < -0.39 is 28.5 Å². The third-order valence-electron chi connectivity index (χ3n) is 7.71. The molecule has 266 valence electrons. The minimum atomic E-state index is -1.02. The van der Waals surface area contributed by atoms with Gasteiger partial charge in [-0.2, -0.15) is 0 Å². The quantitative estimate of drug-likeness (QED) is 0.104. The van der Waals surface area contributed by atoms with Crippen LogP contribution in [0.2, 0.25) is 0 Å². The Labute approximate surface area is 295 Å². The number of aromatic nitrogens is 1. The summed E-state index contributed by atoms with van der Waals surface area (Å²) in [7, 11) is 2.65. The lowest BCUT2D eigenvalue weighted by atomic mass is 9.95. The van der Waals surface area contributed by atoms with Crippen molar-refractivity contribution < 1.29 is 42.9 Å². The van der Waals surface area contributed by atoms with Crippen molar-refractivity contribution in [2.75, 3.05) is 34.0 Å². The average molecular weight is 718 g/mol. The fourth-order valence-electron chi connectivity index (χ4n) is 5.37. The smallest absolute Gasteiger partial charge is 0.343 e. The topological polar surface area (TPSA) is 167 Å². The molecular formula is C36H35N3O11S. The maximum absolute atomic E-state index is 14.3. The first-order chi connectivity index (χ1) is 24.6. The molecule has 1 aliphatic heterocycles. The summed E-state index contributed by atoms with van der Waals surface area (Å²) in [5, 5.41) is 12.3. The predicted octanol–water partition coefficient (Wildman–Crippen LogP) is 4.24. The first kappa shape index (κ1) is 36.3. The van der Waals surface area contributed by atoms with Crippen molar-refractivity contribution in [1.29, 1.82) is 0 Å². The monoisotopic (exact) mass is 717 g/mol. The largest absolute Gasteiger partial charge is 0.493 e. The first-order valence-electron chi connectivity index (χ1n) is 15.8. The van der Waals surface area contributed by atoms with Crippen LogP contribution in [-0.4, -0.2) is 55.5 Å². The van der Waals surface area contributed by atoms with Gasteiger partial charge >= 0.3 is 11.9 Å². The molecule has 0 N–H and O–H groups in total. The van der Waals surface area contributed by atoms with Crippen LogP contribution in [0.3, 0.4) is 0 Å². The number of carbonyl (C=O) groups is 2. The minimum Gasteiger partial charge on any atom is -0.493 e. The lowest BCUT2D eigenvalue weighted by Crippen LogP contribution is -2.40. The molecule has 15 heteroatoms.